The maximum atomic E-state index is 7.09. The number of hydrogen-bond acceptors (Lipinski definition) is 6. The van der Waals surface area contributed by atoms with Crippen molar-refractivity contribution in [2.45, 2.75) is 39.5 Å². The Morgan fingerprint density at radius 3 is 1.00 bits per heavy atom. The predicted octanol–water partition coefficient (Wildman–Crippen LogP) is 20.8. The van der Waals surface area contributed by atoms with Crippen molar-refractivity contribution in [3.63, 3.8) is 0 Å². The van der Waals surface area contributed by atoms with Crippen LogP contribution in [0.15, 0.2) is 224 Å². The topological polar surface area (TPSA) is 59.0 Å². The smallest absolute Gasteiger partial charge is 0.138 e. The van der Waals surface area contributed by atoms with Crippen LogP contribution < -0.4 is 9.80 Å². The predicted molar refractivity (Wildman–Crippen MR) is 308 cm³/mol. The molecule has 0 saturated heterocycles. The van der Waals surface area contributed by atoms with Crippen LogP contribution in [-0.2, 0) is 0 Å². The minimum absolute atomic E-state index is 0.406. The highest BCUT2D eigenvalue weighted by molar-refractivity contribution is 6.28. The van der Waals surface area contributed by atoms with Gasteiger partial charge in [0.2, 0.25) is 0 Å². The van der Waals surface area contributed by atoms with E-state index in [-0.39, 0.29) is 0 Å². The fraction of sp³-hybridized carbons (Fsp3) is 0.0882. The minimum Gasteiger partial charge on any atom is -0.456 e. The largest absolute Gasteiger partial charge is 0.456 e. The molecule has 0 amide bonds. The van der Waals surface area contributed by atoms with Gasteiger partial charge in [-0.25, -0.2) is 0 Å². The van der Waals surface area contributed by atoms with Crippen molar-refractivity contribution < 1.29 is 17.7 Å². The average molecular weight is 957 g/mol. The molecule has 74 heavy (non-hydrogen) atoms. The molecule has 6 heteroatoms. The molecule has 11 aromatic carbocycles. The van der Waals surface area contributed by atoms with Crippen molar-refractivity contribution in [2.75, 3.05) is 9.80 Å². The Bertz CT molecular complexity index is 4440. The van der Waals surface area contributed by atoms with Crippen LogP contribution >= 0.6 is 0 Å². The molecule has 15 rings (SSSR count). The van der Waals surface area contributed by atoms with E-state index in [4.69, 9.17) is 17.7 Å². The minimum atomic E-state index is 0.406. The first-order chi connectivity index (χ1) is 36.3. The molecular formula is C68H48N2O4. The molecule has 0 bridgehead atoms. The van der Waals surface area contributed by atoms with Gasteiger partial charge in [0.25, 0.3) is 0 Å². The van der Waals surface area contributed by atoms with Crippen molar-refractivity contribution in [3.8, 4) is 0 Å². The standard InChI is InChI=1S/C68H48N2O4/c1-39(2)41-21-25-43(26-22-41)69(45-29-31-61-53(33-45)49-15-9-11-19-59(49)71-61)57-37-65-67(51-17-7-5-13-47(51)57)55-35-64-56(36-63(55)73-65)68-52-18-8-6-14-48(52)58(38-66(68)74-64)70(44-27-23-42(24-28-44)40(3)4)46-30-32-62-54(34-46)50-16-10-12-20-60(50)72-62/h5-40H,1-4H3. The molecule has 0 atom stereocenters. The lowest BCUT2D eigenvalue weighted by molar-refractivity contribution is 0.664. The summed E-state index contributed by atoms with van der Waals surface area (Å²) in [7, 11) is 0. The van der Waals surface area contributed by atoms with E-state index in [0.29, 0.717) is 11.8 Å². The van der Waals surface area contributed by atoms with Crippen LogP contribution in [0.2, 0.25) is 0 Å². The molecule has 354 valence electrons. The van der Waals surface area contributed by atoms with Crippen molar-refractivity contribution in [3.05, 3.63) is 217 Å². The summed E-state index contributed by atoms with van der Waals surface area (Å²) in [6.45, 7) is 8.95. The van der Waals surface area contributed by atoms with E-state index >= 15 is 0 Å². The Morgan fingerprint density at radius 1 is 0.257 bits per heavy atom. The number of furan rings is 4. The van der Waals surface area contributed by atoms with Gasteiger partial charge in [-0.3, -0.25) is 0 Å². The third-order valence-corrected chi connectivity index (χ3v) is 15.4. The Balaban J connectivity index is 0.935. The fourth-order valence-electron chi connectivity index (χ4n) is 11.7. The van der Waals surface area contributed by atoms with Gasteiger partial charge >= 0.3 is 0 Å². The lowest BCUT2D eigenvalue weighted by Crippen LogP contribution is -2.10. The molecule has 4 aromatic heterocycles. The number of fused-ring (bicyclic) bond motifs is 16. The van der Waals surface area contributed by atoms with Gasteiger partial charge in [-0.15, -0.1) is 0 Å². The molecule has 0 unspecified atom stereocenters. The summed E-state index contributed by atoms with van der Waals surface area (Å²) in [6, 6.07) is 73.7. The lowest BCUT2D eigenvalue weighted by atomic mass is 9.98. The van der Waals surface area contributed by atoms with Gasteiger partial charge in [0.1, 0.15) is 44.7 Å². The Morgan fingerprint density at radius 2 is 0.595 bits per heavy atom. The summed E-state index contributed by atoms with van der Waals surface area (Å²) in [5, 5.41) is 12.9. The second-order valence-electron chi connectivity index (χ2n) is 20.4. The lowest BCUT2D eigenvalue weighted by Gasteiger charge is -2.27. The van der Waals surface area contributed by atoms with Gasteiger partial charge in [-0.05, 0) is 119 Å². The maximum absolute atomic E-state index is 7.09. The van der Waals surface area contributed by atoms with Crippen molar-refractivity contribution >= 4 is 143 Å². The second-order valence-corrected chi connectivity index (χ2v) is 20.4. The number of anilines is 6. The summed E-state index contributed by atoms with van der Waals surface area (Å²) in [5.41, 5.74) is 15.5. The summed E-state index contributed by atoms with van der Waals surface area (Å²) in [4.78, 5) is 4.72. The SMILES string of the molecule is CC(C)c1ccc(N(c2ccc3oc4ccccc4c3c2)c2cc3oc4cc5c(cc4c3c3ccccc23)oc2cc(N(c3ccc(C(C)C)cc3)c3ccc4oc6ccccc6c4c3)c3ccccc3c25)cc1. The molecule has 0 saturated carbocycles. The molecule has 0 fully saturated rings. The van der Waals surface area contributed by atoms with Crippen LogP contribution in [0.25, 0.3) is 109 Å². The van der Waals surface area contributed by atoms with Gasteiger partial charge in [0.15, 0.2) is 0 Å². The Labute approximate surface area is 425 Å². The van der Waals surface area contributed by atoms with Gasteiger partial charge in [-0.1, -0.05) is 137 Å². The zero-order valence-corrected chi connectivity index (χ0v) is 41.3. The molecular weight excluding hydrogens is 909 g/mol. The van der Waals surface area contributed by atoms with Crippen LogP contribution in [-0.4, -0.2) is 0 Å². The van der Waals surface area contributed by atoms with E-state index in [1.165, 1.54) is 11.1 Å². The number of benzene rings is 11. The third kappa shape index (κ3) is 6.44. The van der Waals surface area contributed by atoms with E-state index in [1.807, 2.05) is 24.3 Å². The molecule has 4 heterocycles. The molecule has 0 spiro atoms. The van der Waals surface area contributed by atoms with E-state index in [0.717, 1.165) is 143 Å². The Kier molecular flexibility index (Phi) is 9.24. The molecule has 0 aliphatic heterocycles. The monoisotopic (exact) mass is 956 g/mol. The maximum Gasteiger partial charge on any atom is 0.138 e. The van der Waals surface area contributed by atoms with Crippen LogP contribution in [0, 0.1) is 0 Å². The van der Waals surface area contributed by atoms with Crippen LogP contribution in [0.5, 0.6) is 0 Å². The van der Waals surface area contributed by atoms with Gasteiger partial charge in [0, 0.05) is 88.7 Å². The van der Waals surface area contributed by atoms with Gasteiger partial charge in [0.05, 0.1) is 11.4 Å². The first-order valence-corrected chi connectivity index (χ1v) is 25.6. The van der Waals surface area contributed by atoms with Crippen LogP contribution in [0.4, 0.5) is 34.1 Å². The zero-order valence-electron chi connectivity index (χ0n) is 41.3. The summed E-state index contributed by atoms with van der Waals surface area (Å²) >= 11 is 0. The molecule has 0 radical (unpaired) electrons. The second kappa shape index (κ2) is 16.1. The van der Waals surface area contributed by atoms with E-state index in [9.17, 15) is 0 Å². The highest BCUT2D eigenvalue weighted by Gasteiger charge is 2.25. The van der Waals surface area contributed by atoms with Crippen molar-refractivity contribution in [1.29, 1.82) is 0 Å². The van der Waals surface area contributed by atoms with Gasteiger partial charge < -0.3 is 27.5 Å². The summed E-state index contributed by atoms with van der Waals surface area (Å²) in [5.74, 6) is 0.812. The third-order valence-electron chi connectivity index (χ3n) is 15.4. The molecule has 6 nitrogen and oxygen atoms in total. The van der Waals surface area contributed by atoms with Gasteiger partial charge in [-0.2, -0.15) is 0 Å². The highest BCUT2D eigenvalue weighted by Crippen LogP contribution is 2.50. The zero-order chi connectivity index (χ0) is 49.3. The summed E-state index contributed by atoms with van der Waals surface area (Å²) < 4.78 is 26.8. The fourth-order valence-corrected chi connectivity index (χ4v) is 11.7. The van der Waals surface area contributed by atoms with Crippen molar-refractivity contribution in [2.24, 2.45) is 0 Å². The molecule has 15 aromatic rings. The van der Waals surface area contributed by atoms with E-state index in [1.54, 1.807) is 0 Å². The number of para-hydroxylation sites is 2. The molecule has 0 aliphatic rings. The number of rotatable bonds is 8. The quantitative estimate of drug-likeness (QED) is 0.151. The number of nitrogens with zero attached hydrogens (tertiary/aromatic N) is 2. The van der Waals surface area contributed by atoms with Crippen LogP contribution in [0.1, 0.15) is 50.7 Å². The first kappa shape index (κ1) is 42.4. The van der Waals surface area contributed by atoms with E-state index in [2.05, 4.69) is 219 Å². The average Bonchev–Trinajstić information content (AvgIpc) is 4.20. The van der Waals surface area contributed by atoms with E-state index < -0.39 is 0 Å². The number of hydrogen-bond donors (Lipinski definition) is 0. The van der Waals surface area contributed by atoms with Crippen LogP contribution in [0.3, 0.4) is 0 Å². The normalized spacial score (nSPS) is 12.3. The summed E-state index contributed by atoms with van der Waals surface area (Å²) in [6.07, 6.45) is 0. The van der Waals surface area contributed by atoms with Crippen molar-refractivity contribution in [1.82, 2.24) is 0 Å². The Hall–Kier alpha value is -9.26. The first-order valence-electron chi connectivity index (χ1n) is 25.6. The molecule has 0 aliphatic carbocycles. The molecule has 0 N–H and O–H groups in total. The highest BCUT2D eigenvalue weighted by atomic mass is 16.3.